The maximum absolute atomic E-state index is 10.8. The van der Waals surface area contributed by atoms with Gasteiger partial charge in [0.1, 0.15) is 5.52 Å². The zero-order chi connectivity index (χ0) is 11.0. The van der Waals surface area contributed by atoms with Gasteiger partial charge in [-0.2, -0.15) is 0 Å². The van der Waals surface area contributed by atoms with Gasteiger partial charge in [0.05, 0.1) is 5.92 Å². The number of carboxylic acids is 1. The van der Waals surface area contributed by atoms with E-state index in [4.69, 9.17) is 9.52 Å². The molecule has 0 saturated carbocycles. The first kappa shape index (κ1) is 9.71. The molecule has 15 heavy (non-hydrogen) atoms. The minimum Gasteiger partial charge on any atom is -0.481 e. The highest BCUT2D eigenvalue weighted by molar-refractivity contribution is 5.79. The van der Waals surface area contributed by atoms with Gasteiger partial charge in [0.15, 0.2) is 11.5 Å². The summed E-state index contributed by atoms with van der Waals surface area (Å²) in [6, 6.07) is 5.26. The van der Waals surface area contributed by atoms with E-state index in [9.17, 15) is 4.79 Å². The van der Waals surface area contributed by atoms with Gasteiger partial charge in [0.25, 0.3) is 0 Å². The SMILES string of the molecule is Cc1nc2cc(C(C)C(=O)O)ccc2o1. The van der Waals surface area contributed by atoms with Gasteiger partial charge in [0.2, 0.25) is 0 Å². The van der Waals surface area contributed by atoms with E-state index in [1.807, 2.05) is 0 Å². The number of hydrogen-bond donors (Lipinski definition) is 1. The van der Waals surface area contributed by atoms with Gasteiger partial charge in [-0.05, 0) is 24.6 Å². The molecule has 1 atom stereocenters. The first-order valence-corrected chi connectivity index (χ1v) is 4.68. The van der Waals surface area contributed by atoms with Gasteiger partial charge >= 0.3 is 5.97 Å². The van der Waals surface area contributed by atoms with Crippen molar-refractivity contribution in [3.8, 4) is 0 Å². The van der Waals surface area contributed by atoms with E-state index < -0.39 is 11.9 Å². The lowest BCUT2D eigenvalue weighted by molar-refractivity contribution is -0.138. The number of aliphatic carboxylic acids is 1. The molecule has 2 rings (SSSR count). The number of nitrogens with zero attached hydrogens (tertiary/aromatic N) is 1. The number of fused-ring (bicyclic) bond motifs is 1. The second kappa shape index (κ2) is 3.38. The van der Waals surface area contributed by atoms with Gasteiger partial charge in [0, 0.05) is 6.92 Å². The normalized spacial score (nSPS) is 12.9. The van der Waals surface area contributed by atoms with Crippen molar-refractivity contribution >= 4 is 17.1 Å². The summed E-state index contributed by atoms with van der Waals surface area (Å²) in [5, 5.41) is 8.87. The van der Waals surface area contributed by atoms with E-state index in [0.29, 0.717) is 17.0 Å². The number of benzene rings is 1. The first-order valence-electron chi connectivity index (χ1n) is 4.68. The molecule has 1 N–H and O–H groups in total. The monoisotopic (exact) mass is 205 g/mol. The van der Waals surface area contributed by atoms with E-state index >= 15 is 0 Å². The quantitative estimate of drug-likeness (QED) is 0.817. The predicted molar refractivity (Wildman–Crippen MR) is 54.8 cm³/mol. The molecule has 0 spiro atoms. The van der Waals surface area contributed by atoms with Crippen molar-refractivity contribution in [2.45, 2.75) is 19.8 Å². The Hall–Kier alpha value is -1.84. The highest BCUT2D eigenvalue weighted by Crippen LogP contribution is 2.22. The summed E-state index contributed by atoms with van der Waals surface area (Å²) >= 11 is 0. The Balaban J connectivity index is 2.50. The fourth-order valence-electron chi connectivity index (χ4n) is 1.47. The lowest BCUT2D eigenvalue weighted by Gasteiger charge is -2.04. The molecule has 2 aromatic rings. The summed E-state index contributed by atoms with van der Waals surface area (Å²) in [7, 11) is 0. The van der Waals surface area contributed by atoms with Crippen LogP contribution in [-0.2, 0) is 4.79 Å². The van der Waals surface area contributed by atoms with Crippen LogP contribution in [0, 0.1) is 6.92 Å². The molecule has 1 aromatic heterocycles. The van der Waals surface area contributed by atoms with Crippen LogP contribution >= 0.6 is 0 Å². The van der Waals surface area contributed by atoms with Crippen molar-refractivity contribution in [1.82, 2.24) is 4.98 Å². The van der Waals surface area contributed by atoms with Crippen molar-refractivity contribution < 1.29 is 14.3 Å². The zero-order valence-electron chi connectivity index (χ0n) is 8.52. The molecule has 0 radical (unpaired) electrons. The zero-order valence-corrected chi connectivity index (χ0v) is 8.52. The molecule has 0 fully saturated rings. The number of carbonyl (C=O) groups is 1. The molecule has 4 nitrogen and oxygen atoms in total. The number of oxazole rings is 1. The third-order valence-electron chi connectivity index (χ3n) is 2.39. The molecular formula is C11H11NO3. The number of aryl methyl sites for hydroxylation is 1. The Bertz CT molecular complexity index is 516. The largest absolute Gasteiger partial charge is 0.481 e. The fraction of sp³-hybridized carbons (Fsp3) is 0.273. The summed E-state index contributed by atoms with van der Waals surface area (Å²) in [5.74, 6) is -0.772. The maximum atomic E-state index is 10.8. The minimum absolute atomic E-state index is 0.522. The highest BCUT2D eigenvalue weighted by Gasteiger charge is 2.14. The second-order valence-corrected chi connectivity index (χ2v) is 3.52. The Morgan fingerprint density at radius 2 is 2.27 bits per heavy atom. The van der Waals surface area contributed by atoms with Gasteiger partial charge < -0.3 is 9.52 Å². The van der Waals surface area contributed by atoms with Crippen LogP contribution in [0.5, 0.6) is 0 Å². The molecule has 0 bridgehead atoms. The lowest BCUT2D eigenvalue weighted by Crippen LogP contribution is -2.06. The molecular weight excluding hydrogens is 194 g/mol. The van der Waals surface area contributed by atoms with Crippen LogP contribution < -0.4 is 0 Å². The third-order valence-corrected chi connectivity index (χ3v) is 2.39. The van der Waals surface area contributed by atoms with E-state index in [1.54, 1.807) is 32.0 Å². The molecule has 1 unspecified atom stereocenters. The summed E-state index contributed by atoms with van der Waals surface area (Å²) < 4.78 is 5.30. The van der Waals surface area contributed by atoms with Crippen LogP contribution in [-0.4, -0.2) is 16.1 Å². The van der Waals surface area contributed by atoms with E-state index in [2.05, 4.69) is 4.98 Å². The maximum Gasteiger partial charge on any atom is 0.310 e. The molecule has 0 saturated heterocycles. The smallest absolute Gasteiger partial charge is 0.310 e. The van der Waals surface area contributed by atoms with Crippen molar-refractivity contribution in [2.75, 3.05) is 0 Å². The Morgan fingerprint density at radius 3 is 2.93 bits per heavy atom. The molecule has 4 heteroatoms. The average molecular weight is 205 g/mol. The molecule has 1 aromatic carbocycles. The van der Waals surface area contributed by atoms with E-state index in [-0.39, 0.29) is 0 Å². The van der Waals surface area contributed by atoms with Gasteiger partial charge in [-0.3, -0.25) is 4.79 Å². The molecule has 78 valence electrons. The summed E-state index contributed by atoms with van der Waals surface area (Å²) in [6.07, 6.45) is 0. The van der Waals surface area contributed by atoms with Crippen LogP contribution in [0.4, 0.5) is 0 Å². The van der Waals surface area contributed by atoms with Crippen molar-refractivity contribution in [3.63, 3.8) is 0 Å². The van der Waals surface area contributed by atoms with E-state index in [0.717, 1.165) is 5.56 Å². The number of rotatable bonds is 2. The first-order chi connectivity index (χ1) is 7.08. The minimum atomic E-state index is -0.838. The molecule has 1 heterocycles. The highest BCUT2D eigenvalue weighted by atomic mass is 16.4. The van der Waals surface area contributed by atoms with Crippen molar-refractivity contribution in [3.05, 3.63) is 29.7 Å². The van der Waals surface area contributed by atoms with Gasteiger partial charge in [-0.25, -0.2) is 4.98 Å². The van der Waals surface area contributed by atoms with Gasteiger partial charge in [-0.15, -0.1) is 0 Å². The third kappa shape index (κ3) is 1.70. The summed E-state index contributed by atoms with van der Waals surface area (Å²) in [6.45, 7) is 3.41. The van der Waals surface area contributed by atoms with Gasteiger partial charge in [-0.1, -0.05) is 6.07 Å². The standard InChI is InChI=1S/C11H11NO3/c1-6(11(13)14)8-3-4-10-9(5-8)12-7(2)15-10/h3-6H,1-2H3,(H,13,14). The number of carboxylic acid groups (broad SMARTS) is 1. The average Bonchev–Trinajstić information content (AvgIpc) is 2.55. The molecule has 0 aliphatic heterocycles. The van der Waals surface area contributed by atoms with Crippen LogP contribution in [0.25, 0.3) is 11.1 Å². The fourth-order valence-corrected chi connectivity index (χ4v) is 1.47. The Kier molecular flexibility index (Phi) is 2.19. The van der Waals surface area contributed by atoms with Crippen LogP contribution in [0.3, 0.4) is 0 Å². The molecule has 0 aliphatic rings. The predicted octanol–water partition coefficient (Wildman–Crippen LogP) is 2.32. The summed E-state index contributed by atoms with van der Waals surface area (Å²) in [5.41, 5.74) is 2.13. The number of hydrogen-bond acceptors (Lipinski definition) is 3. The number of aromatic nitrogens is 1. The lowest BCUT2D eigenvalue weighted by atomic mass is 10.0. The Morgan fingerprint density at radius 1 is 1.53 bits per heavy atom. The van der Waals surface area contributed by atoms with Crippen molar-refractivity contribution in [1.29, 1.82) is 0 Å². The second-order valence-electron chi connectivity index (χ2n) is 3.52. The summed E-state index contributed by atoms with van der Waals surface area (Å²) in [4.78, 5) is 15.0. The molecule has 0 aliphatic carbocycles. The molecule has 0 amide bonds. The van der Waals surface area contributed by atoms with Crippen LogP contribution in [0.1, 0.15) is 24.3 Å². The van der Waals surface area contributed by atoms with Crippen molar-refractivity contribution in [2.24, 2.45) is 0 Å². The van der Waals surface area contributed by atoms with E-state index in [1.165, 1.54) is 0 Å². The van der Waals surface area contributed by atoms with Crippen LogP contribution in [0.2, 0.25) is 0 Å². The topological polar surface area (TPSA) is 63.3 Å². The Labute approximate surface area is 86.5 Å². The van der Waals surface area contributed by atoms with Crippen LogP contribution in [0.15, 0.2) is 22.6 Å².